The molecule has 0 aliphatic carbocycles. The fraction of sp³-hybridized carbons (Fsp3) is 0.333. The second kappa shape index (κ2) is 5.82. The van der Waals surface area contributed by atoms with Gasteiger partial charge in [-0.2, -0.15) is 5.26 Å². The van der Waals surface area contributed by atoms with Crippen LogP contribution in [0, 0.1) is 18.3 Å². The van der Waals surface area contributed by atoms with Gasteiger partial charge < -0.3 is 4.74 Å². The van der Waals surface area contributed by atoms with Crippen molar-refractivity contribution in [3.8, 4) is 11.8 Å². The molecule has 0 saturated heterocycles. The van der Waals surface area contributed by atoms with Gasteiger partial charge in [-0.3, -0.25) is 4.79 Å². The molecule has 0 unspecified atom stereocenters. The number of nitriles is 1. The van der Waals surface area contributed by atoms with E-state index in [1.807, 2.05) is 19.1 Å². The van der Waals surface area contributed by atoms with Gasteiger partial charge in [0.15, 0.2) is 6.29 Å². The molecular formula is C12H13NO2. The van der Waals surface area contributed by atoms with Crippen molar-refractivity contribution in [1.82, 2.24) is 0 Å². The number of rotatable bonds is 5. The van der Waals surface area contributed by atoms with Crippen molar-refractivity contribution in [2.45, 2.75) is 19.8 Å². The van der Waals surface area contributed by atoms with Crippen LogP contribution in [0.15, 0.2) is 18.2 Å². The van der Waals surface area contributed by atoms with Crippen LogP contribution >= 0.6 is 0 Å². The summed E-state index contributed by atoms with van der Waals surface area (Å²) < 4.78 is 5.40. The molecule has 1 aromatic carbocycles. The Labute approximate surface area is 89.3 Å². The zero-order valence-corrected chi connectivity index (χ0v) is 8.69. The summed E-state index contributed by atoms with van der Waals surface area (Å²) in [5, 5.41) is 8.34. The van der Waals surface area contributed by atoms with E-state index in [-0.39, 0.29) is 0 Å². The van der Waals surface area contributed by atoms with Gasteiger partial charge in [-0.05, 0) is 25.5 Å². The molecule has 0 aliphatic heterocycles. The SMILES string of the molecule is Cc1ccc(OCCCC#N)c(C=O)c1. The van der Waals surface area contributed by atoms with Crippen LogP contribution in [0.1, 0.15) is 28.8 Å². The maximum atomic E-state index is 10.7. The highest BCUT2D eigenvalue weighted by Gasteiger charge is 2.02. The largest absolute Gasteiger partial charge is 0.493 e. The van der Waals surface area contributed by atoms with Gasteiger partial charge in [0.1, 0.15) is 5.75 Å². The minimum Gasteiger partial charge on any atom is -0.493 e. The highest BCUT2D eigenvalue weighted by molar-refractivity contribution is 5.79. The van der Waals surface area contributed by atoms with E-state index in [1.54, 1.807) is 12.1 Å². The smallest absolute Gasteiger partial charge is 0.153 e. The number of benzene rings is 1. The summed E-state index contributed by atoms with van der Waals surface area (Å²) in [5.74, 6) is 0.591. The topological polar surface area (TPSA) is 50.1 Å². The first-order valence-corrected chi connectivity index (χ1v) is 4.83. The van der Waals surface area contributed by atoms with E-state index in [1.165, 1.54) is 0 Å². The highest BCUT2D eigenvalue weighted by atomic mass is 16.5. The number of carbonyl (C=O) groups excluding carboxylic acids is 1. The van der Waals surface area contributed by atoms with E-state index in [2.05, 4.69) is 0 Å². The molecule has 3 nitrogen and oxygen atoms in total. The van der Waals surface area contributed by atoms with Crippen LogP contribution in [0.25, 0.3) is 0 Å². The average Bonchev–Trinajstić information content (AvgIpc) is 2.26. The second-order valence-corrected chi connectivity index (χ2v) is 3.27. The molecule has 0 heterocycles. The average molecular weight is 203 g/mol. The Kier molecular flexibility index (Phi) is 4.36. The minimum atomic E-state index is 0.470. The summed E-state index contributed by atoms with van der Waals surface area (Å²) in [7, 11) is 0. The van der Waals surface area contributed by atoms with E-state index < -0.39 is 0 Å². The van der Waals surface area contributed by atoms with E-state index in [0.717, 1.165) is 11.8 Å². The Balaban J connectivity index is 2.60. The van der Waals surface area contributed by atoms with Crippen LogP contribution < -0.4 is 4.74 Å². The molecule has 3 heteroatoms. The monoisotopic (exact) mass is 203 g/mol. The molecule has 0 N–H and O–H groups in total. The van der Waals surface area contributed by atoms with Gasteiger partial charge in [0.05, 0.1) is 18.2 Å². The highest BCUT2D eigenvalue weighted by Crippen LogP contribution is 2.18. The third kappa shape index (κ3) is 3.43. The van der Waals surface area contributed by atoms with E-state index in [4.69, 9.17) is 10.00 Å². The van der Waals surface area contributed by atoms with Crippen molar-refractivity contribution < 1.29 is 9.53 Å². The van der Waals surface area contributed by atoms with Crippen LogP contribution in [0.5, 0.6) is 5.75 Å². The lowest BCUT2D eigenvalue weighted by molar-refractivity contribution is 0.111. The molecule has 0 amide bonds. The number of aryl methyl sites for hydroxylation is 1. The summed E-state index contributed by atoms with van der Waals surface area (Å²) in [6.07, 6.45) is 1.94. The molecule has 0 fully saturated rings. The number of hydrogen-bond acceptors (Lipinski definition) is 3. The summed E-state index contributed by atoms with van der Waals surface area (Å²) in [6.45, 7) is 2.39. The maximum absolute atomic E-state index is 10.7. The van der Waals surface area contributed by atoms with Gasteiger partial charge in [-0.1, -0.05) is 11.6 Å². The summed E-state index contributed by atoms with van der Waals surface area (Å²) in [4.78, 5) is 10.7. The molecule has 0 bridgehead atoms. The van der Waals surface area contributed by atoms with Gasteiger partial charge in [-0.25, -0.2) is 0 Å². The quantitative estimate of drug-likeness (QED) is 0.545. The molecule has 0 atom stereocenters. The predicted octanol–water partition coefficient (Wildman–Crippen LogP) is 2.49. The number of ether oxygens (including phenoxy) is 1. The normalized spacial score (nSPS) is 9.33. The number of aldehydes is 1. The van der Waals surface area contributed by atoms with Gasteiger partial charge in [-0.15, -0.1) is 0 Å². The number of carbonyl (C=O) groups is 1. The van der Waals surface area contributed by atoms with Crippen LogP contribution in [-0.2, 0) is 0 Å². The van der Waals surface area contributed by atoms with Crippen LogP contribution in [0.3, 0.4) is 0 Å². The Morgan fingerprint density at radius 3 is 3.00 bits per heavy atom. The molecule has 0 radical (unpaired) electrons. The molecule has 0 aromatic heterocycles. The van der Waals surface area contributed by atoms with Gasteiger partial charge in [0.25, 0.3) is 0 Å². The lowest BCUT2D eigenvalue weighted by Gasteiger charge is -2.07. The number of nitrogens with zero attached hydrogens (tertiary/aromatic N) is 1. The molecule has 1 aromatic rings. The minimum absolute atomic E-state index is 0.470. The Bertz CT molecular complexity index is 380. The molecular weight excluding hydrogens is 190 g/mol. The van der Waals surface area contributed by atoms with E-state index in [0.29, 0.717) is 30.8 Å². The summed E-state index contributed by atoms with van der Waals surface area (Å²) in [6, 6.07) is 7.51. The fourth-order valence-corrected chi connectivity index (χ4v) is 1.22. The summed E-state index contributed by atoms with van der Waals surface area (Å²) in [5.41, 5.74) is 1.59. The molecule has 0 saturated carbocycles. The number of unbranched alkanes of at least 4 members (excludes halogenated alkanes) is 1. The first-order valence-electron chi connectivity index (χ1n) is 4.83. The maximum Gasteiger partial charge on any atom is 0.153 e. The van der Waals surface area contributed by atoms with Crippen LogP contribution in [0.4, 0.5) is 0 Å². The zero-order chi connectivity index (χ0) is 11.1. The first-order chi connectivity index (χ1) is 7.27. The molecule has 78 valence electrons. The van der Waals surface area contributed by atoms with Crippen molar-refractivity contribution in [2.24, 2.45) is 0 Å². The van der Waals surface area contributed by atoms with Crippen molar-refractivity contribution in [3.05, 3.63) is 29.3 Å². The van der Waals surface area contributed by atoms with Crippen molar-refractivity contribution >= 4 is 6.29 Å². The molecule has 1 rings (SSSR count). The Morgan fingerprint density at radius 1 is 1.53 bits per heavy atom. The predicted molar refractivity (Wildman–Crippen MR) is 56.9 cm³/mol. The Hall–Kier alpha value is -1.82. The molecule has 15 heavy (non-hydrogen) atoms. The van der Waals surface area contributed by atoms with E-state index >= 15 is 0 Å². The lowest BCUT2D eigenvalue weighted by atomic mass is 10.1. The van der Waals surface area contributed by atoms with Crippen molar-refractivity contribution in [1.29, 1.82) is 5.26 Å². The fourth-order valence-electron chi connectivity index (χ4n) is 1.22. The second-order valence-electron chi connectivity index (χ2n) is 3.27. The molecule has 0 aliphatic rings. The van der Waals surface area contributed by atoms with Crippen molar-refractivity contribution in [3.63, 3.8) is 0 Å². The third-order valence-electron chi connectivity index (χ3n) is 1.98. The van der Waals surface area contributed by atoms with Crippen LogP contribution in [0.2, 0.25) is 0 Å². The van der Waals surface area contributed by atoms with Gasteiger partial charge >= 0.3 is 0 Å². The standard InChI is InChI=1S/C12H13NO2/c1-10-4-5-12(11(8-10)9-14)15-7-3-2-6-13/h4-5,8-9H,2-3,7H2,1H3. The first kappa shape index (κ1) is 11.3. The Morgan fingerprint density at radius 2 is 2.33 bits per heavy atom. The zero-order valence-electron chi connectivity index (χ0n) is 8.69. The summed E-state index contributed by atoms with van der Waals surface area (Å²) >= 11 is 0. The number of hydrogen-bond donors (Lipinski definition) is 0. The van der Waals surface area contributed by atoms with Gasteiger partial charge in [0, 0.05) is 6.42 Å². The molecule has 0 spiro atoms. The lowest BCUT2D eigenvalue weighted by Crippen LogP contribution is -1.99. The van der Waals surface area contributed by atoms with Crippen molar-refractivity contribution in [2.75, 3.05) is 6.61 Å². The van der Waals surface area contributed by atoms with E-state index in [9.17, 15) is 4.79 Å². The van der Waals surface area contributed by atoms with Gasteiger partial charge in [0.2, 0.25) is 0 Å². The third-order valence-corrected chi connectivity index (χ3v) is 1.98. The van der Waals surface area contributed by atoms with Crippen LogP contribution in [-0.4, -0.2) is 12.9 Å².